The molecule has 0 saturated carbocycles. The number of rotatable bonds is 17. The number of nitrogens with two attached hydrogens (primary N) is 1. The number of amides is 2. The number of ether oxygens (including phenoxy) is 2. The van der Waals surface area contributed by atoms with Crippen molar-refractivity contribution in [3.05, 3.63) is 10.4 Å². The van der Waals surface area contributed by atoms with Gasteiger partial charge in [-0.05, 0) is 25.4 Å². The Labute approximate surface area is 171 Å². The summed E-state index contributed by atoms with van der Waals surface area (Å²) in [5, 5.41) is 6.43. The van der Waals surface area contributed by atoms with E-state index in [1.807, 2.05) is 0 Å². The van der Waals surface area contributed by atoms with E-state index >= 15 is 0 Å². The Morgan fingerprint density at radius 2 is 1.76 bits per heavy atom. The van der Waals surface area contributed by atoms with Gasteiger partial charge < -0.3 is 30.3 Å². The first-order valence-corrected chi connectivity index (χ1v) is 9.43. The summed E-state index contributed by atoms with van der Waals surface area (Å²) in [6.45, 7) is 3.67. The van der Waals surface area contributed by atoms with Crippen molar-refractivity contribution in [1.29, 1.82) is 0 Å². The summed E-state index contributed by atoms with van der Waals surface area (Å²) >= 11 is 0. The molecular weight excluding hydrogens is 382 g/mol. The molecule has 0 spiro atoms. The molecule has 0 aliphatic carbocycles. The van der Waals surface area contributed by atoms with E-state index in [0.717, 1.165) is 0 Å². The van der Waals surface area contributed by atoms with Crippen LogP contribution in [-0.2, 0) is 23.9 Å². The van der Waals surface area contributed by atoms with Crippen LogP contribution in [0.3, 0.4) is 0 Å². The summed E-state index contributed by atoms with van der Waals surface area (Å²) in [7, 11) is 3.01. The monoisotopic (exact) mass is 415 g/mol. The van der Waals surface area contributed by atoms with Crippen LogP contribution in [0.25, 0.3) is 10.4 Å². The summed E-state index contributed by atoms with van der Waals surface area (Å²) in [6, 6.07) is -0.439. The number of ketones is 1. The zero-order valence-electron chi connectivity index (χ0n) is 17.5. The fourth-order valence-electron chi connectivity index (χ4n) is 2.07. The van der Waals surface area contributed by atoms with Gasteiger partial charge in [-0.15, -0.1) is 0 Å². The number of azide groups is 1. The first-order valence-electron chi connectivity index (χ1n) is 9.43. The number of hydrogen-bond acceptors (Lipinski definition) is 8. The lowest BCUT2D eigenvalue weighted by Gasteiger charge is -2.23. The lowest BCUT2D eigenvalue weighted by molar-refractivity contribution is -0.142. The molecule has 2 amide bonds. The molecule has 12 heteroatoms. The van der Waals surface area contributed by atoms with E-state index in [1.165, 1.54) is 23.9 Å². The minimum atomic E-state index is -0.439. The molecule has 0 radical (unpaired) electrons. The van der Waals surface area contributed by atoms with Crippen molar-refractivity contribution in [2.24, 2.45) is 10.8 Å². The van der Waals surface area contributed by atoms with Gasteiger partial charge in [-0.2, -0.15) is 0 Å². The number of carbonyl (C=O) groups is 3. The molecule has 0 saturated heterocycles. The summed E-state index contributed by atoms with van der Waals surface area (Å²) in [5.41, 5.74) is 13.5. The van der Waals surface area contributed by atoms with E-state index in [2.05, 4.69) is 15.3 Å². The maximum Gasteiger partial charge on any atom is 0.248 e. The van der Waals surface area contributed by atoms with Crippen LogP contribution in [0.4, 0.5) is 0 Å². The van der Waals surface area contributed by atoms with E-state index in [1.54, 1.807) is 6.92 Å². The van der Waals surface area contributed by atoms with Crippen LogP contribution < -0.4 is 11.1 Å². The van der Waals surface area contributed by atoms with Crippen LogP contribution in [0.15, 0.2) is 5.11 Å². The second kappa shape index (κ2) is 16.7. The number of carbonyl (C=O) groups excluding carboxylic acids is 3. The van der Waals surface area contributed by atoms with E-state index < -0.39 is 6.04 Å². The second-order valence-corrected chi connectivity index (χ2v) is 6.40. The number of nitrogens with one attached hydrogen (secondary N) is 1. The molecule has 0 aromatic carbocycles. The third-order valence-electron chi connectivity index (χ3n) is 3.91. The average molecular weight is 415 g/mol. The van der Waals surface area contributed by atoms with Gasteiger partial charge in [0.15, 0.2) is 5.78 Å². The van der Waals surface area contributed by atoms with Gasteiger partial charge in [-0.3, -0.25) is 14.4 Å². The third kappa shape index (κ3) is 13.6. The molecule has 0 aliphatic rings. The predicted molar refractivity (Wildman–Crippen MR) is 107 cm³/mol. The van der Waals surface area contributed by atoms with Crippen LogP contribution in [0, 0.1) is 0 Å². The first kappa shape index (κ1) is 26.8. The molecule has 0 heterocycles. The summed E-state index contributed by atoms with van der Waals surface area (Å²) in [6.07, 6.45) is 0.616. The third-order valence-corrected chi connectivity index (χ3v) is 3.91. The Balaban J connectivity index is 4.12. The fraction of sp³-hybridized carbons (Fsp3) is 0.824. The van der Waals surface area contributed by atoms with Gasteiger partial charge in [0, 0.05) is 32.1 Å². The molecule has 0 aliphatic heterocycles. The van der Waals surface area contributed by atoms with Crippen molar-refractivity contribution in [2.45, 2.75) is 19.4 Å². The fourth-order valence-corrected chi connectivity index (χ4v) is 2.07. The lowest BCUT2D eigenvalue weighted by Crippen LogP contribution is -2.45. The molecule has 0 bridgehead atoms. The van der Waals surface area contributed by atoms with Gasteiger partial charge in [-0.25, -0.2) is 0 Å². The van der Waals surface area contributed by atoms with Crippen LogP contribution in [-0.4, -0.2) is 107 Å². The van der Waals surface area contributed by atoms with Gasteiger partial charge >= 0.3 is 0 Å². The predicted octanol–water partition coefficient (Wildman–Crippen LogP) is -0.857. The highest BCUT2D eigenvalue weighted by molar-refractivity contribution is 5.91. The molecule has 3 N–H and O–H groups in total. The number of hydrogen-bond donors (Lipinski definition) is 2. The van der Waals surface area contributed by atoms with E-state index in [-0.39, 0.29) is 43.9 Å². The zero-order valence-corrected chi connectivity index (χ0v) is 17.5. The van der Waals surface area contributed by atoms with Gasteiger partial charge in [-0.1, -0.05) is 5.11 Å². The minimum Gasteiger partial charge on any atom is -0.378 e. The van der Waals surface area contributed by atoms with Gasteiger partial charge in [0.25, 0.3) is 0 Å². The highest BCUT2D eigenvalue weighted by Crippen LogP contribution is 1.95. The number of nitrogens with zero attached hydrogens (tertiary/aromatic N) is 5. The van der Waals surface area contributed by atoms with Crippen molar-refractivity contribution in [3.8, 4) is 0 Å². The molecule has 166 valence electrons. The lowest BCUT2D eigenvalue weighted by atomic mass is 10.2. The molecule has 1 unspecified atom stereocenters. The normalized spacial score (nSPS) is 11.4. The molecule has 12 nitrogen and oxygen atoms in total. The SMILES string of the molecule is CC(NCCCN=[N+]=[N-])C(=O)CN(C)C(=O)CN(C)C(=O)COCCOCCN. The van der Waals surface area contributed by atoms with Crippen LogP contribution in [0.2, 0.25) is 0 Å². The minimum absolute atomic E-state index is 0.0691. The molecule has 29 heavy (non-hydrogen) atoms. The summed E-state index contributed by atoms with van der Waals surface area (Å²) < 4.78 is 10.3. The molecule has 0 fully saturated rings. The summed E-state index contributed by atoms with van der Waals surface area (Å²) in [4.78, 5) is 41.6. The average Bonchev–Trinajstić information content (AvgIpc) is 2.69. The quantitative estimate of drug-likeness (QED) is 0.135. The number of likely N-dealkylation sites (N-methyl/N-ethyl adjacent to an activating group) is 2. The van der Waals surface area contributed by atoms with Crippen molar-refractivity contribution in [2.75, 3.05) is 73.2 Å². The first-order chi connectivity index (χ1) is 13.8. The molecule has 0 rings (SSSR count). The van der Waals surface area contributed by atoms with Gasteiger partial charge in [0.1, 0.15) is 6.61 Å². The summed E-state index contributed by atoms with van der Waals surface area (Å²) in [5.74, 6) is -0.845. The largest absolute Gasteiger partial charge is 0.378 e. The maximum atomic E-state index is 12.2. The molecule has 0 aromatic heterocycles. The molecule has 0 aromatic rings. The van der Waals surface area contributed by atoms with E-state index in [9.17, 15) is 14.4 Å². The maximum absolute atomic E-state index is 12.2. The Hall–Kier alpha value is -2.24. The van der Waals surface area contributed by atoms with E-state index in [0.29, 0.717) is 39.3 Å². The Kier molecular flexibility index (Phi) is 15.4. The van der Waals surface area contributed by atoms with Crippen molar-refractivity contribution >= 4 is 17.6 Å². The Morgan fingerprint density at radius 1 is 1.10 bits per heavy atom. The highest BCUT2D eigenvalue weighted by atomic mass is 16.5. The number of Topliss-reactive ketones (excluding diaryl/α,β-unsaturated/α-hetero) is 1. The zero-order chi connectivity index (χ0) is 22.1. The molecular formula is C17H33N7O5. The van der Waals surface area contributed by atoms with Crippen LogP contribution >= 0.6 is 0 Å². The van der Waals surface area contributed by atoms with E-state index in [4.69, 9.17) is 20.7 Å². The Morgan fingerprint density at radius 3 is 2.41 bits per heavy atom. The smallest absolute Gasteiger partial charge is 0.248 e. The molecule has 1 atom stereocenters. The Bertz CT molecular complexity index is 554. The van der Waals surface area contributed by atoms with Crippen molar-refractivity contribution in [1.82, 2.24) is 15.1 Å². The van der Waals surface area contributed by atoms with Crippen molar-refractivity contribution < 1.29 is 23.9 Å². The topological polar surface area (TPSA) is 163 Å². The second-order valence-electron chi connectivity index (χ2n) is 6.40. The van der Waals surface area contributed by atoms with Crippen LogP contribution in [0.1, 0.15) is 13.3 Å². The van der Waals surface area contributed by atoms with Crippen LogP contribution in [0.5, 0.6) is 0 Å². The standard InChI is InChI=1S/C17H33N7O5/c1-14(20-6-4-7-21-22-19)15(25)11-23(2)16(26)12-24(3)17(27)13-29-10-9-28-8-5-18/h14,20H,4-13,18H2,1-3H3. The van der Waals surface area contributed by atoms with Gasteiger partial charge in [0.05, 0.1) is 39.0 Å². The highest BCUT2D eigenvalue weighted by Gasteiger charge is 2.20. The van der Waals surface area contributed by atoms with Gasteiger partial charge in [0.2, 0.25) is 11.8 Å². The van der Waals surface area contributed by atoms with Crippen molar-refractivity contribution in [3.63, 3.8) is 0 Å².